The van der Waals surface area contributed by atoms with Gasteiger partial charge in [-0.05, 0) is 42.7 Å². The zero-order valence-electron chi connectivity index (χ0n) is 16.7. The van der Waals surface area contributed by atoms with Gasteiger partial charge in [-0.3, -0.25) is 4.79 Å². The maximum Gasteiger partial charge on any atom is 0.306 e. The first-order chi connectivity index (χ1) is 15.1. The van der Waals surface area contributed by atoms with Gasteiger partial charge in [-0.15, -0.1) is 10.2 Å². The number of hydrogen-bond donors (Lipinski definition) is 2. The van der Waals surface area contributed by atoms with Crippen LogP contribution in [0, 0.1) is 5.92 Å². The van der Waals surface area contributed by atoms with Crippen molar-refractivity contribution in [3.63, 3.8) is 0 Å². The summed E-state index contributed by atoms with van der Waals surface area (Å²) in [6, 6.07) is 11.6. The fraction of sp³-hybridized carbons (Fsp3) is 0.318. The van der Waals surface area contributed by atoms with E-state index in [0.29, 0.717) is 49.9 Å². The number of piperidine rings is 1. The van der Waals surface area contributed by atoms with Gasteiger partial charge in [-0.25, -0.2) is 0 Å². The van der Waals surface area contributed by atoms with Gasteiger partial charge in [-0.1, -0.05) is 23.7 Å². The highest BCUT2D eigenvalue weighted by molar-refractivity contribution is 6.31. The van der Waals surface area contributed by atoms with E-state index in [1.54, 1.807) is 0 Å². The fourth-order valence-electron chi connectivity index (χ4n) is 4.06. The molecule has 2 aliphatic rings. The van der Waals surface area contributed by atoms with Crippen molar-refractivity contribution in [2.45, 2.75) is 26.0 Å². The standard InChI is InChI=1S/C22H21ClN4O4/c23-16-3-4-17-18(10-16)20(24-11-13-1-2-15-12-30-31-19(15)9-13)25-26-21(17)27-7-5-14(6-8-27)22(28)29/h1-4,9-10,14H,5-8,11-12H2,(H,24,25)(H,28,29). The summed E-state index contributed by atoms with van der Waals surface area (Å²) in [6.07, 6.45) is 1.19. The summed E-state index contributed by atoms with van der Waals surface area (Å²) in [5.74, 6) is 1.10. The number of anilines is 2. The molecule has 0 atom stereocenters. The molecule has 0 radical (unpaired) electrons. The number of halogens is 1. The van der Waals surface area contributed by atoms with Crippen LogP contribution in [0.5, 0.6) is 5.75 Å². The summed E-state index contributed by atoms with van der Waals surface area (Å²) in [7, 11) is 0. The Morgan fingerprint density at radius 3 is 2.81 bits per heavy atom. The summed E-state index contributed by atoms with van der Waals surface area (Å²) in [6.45, 7) is 2.26. The molecule has 3 aromatic rings. The van der Waals surface area contributed by atoms with Gasteiger partial charge in [0.05, 0.1) is 5.92 Å². The minimum Gasteiger partial charge on any atom is -0.481 e. The second-order valence-electron chi connectivity index (χ2n) is 7.80. The van der Waals surface area contributed by atoms with Gasteiger partial charge < -0.3 is 20.2 Å². The minimum absolute atomic E-state index is 0.299. The van der Waals surface area contributed by atoms with Crippen LogP contribution >= 0.6 is 11.6 Å². The molecule has 3 heterocycles. The van der Waals surface area contributed by atoms with Crippen molar-refractivity contribution >= 4 is 40.0 Å². The molecule has 160 valence electrons. The molecule has 1 aromatic heterocycles. The first kappa shape index (κ1) is 19.8. The van der Waals surface area contributed by atoms with Gasteiger partial charge >= 0.3 is 5.97 Å². The molecule has 1 saturated heterocycles. The smallest absolute Gasteiger partial charge is 0.306 e. The van der Waals surface area contributed by atoms with E-state index in [9.17, 15) is 9.90 Å². The monoisotopic (exact) mass is 440 g/mol. The van der Waals surface area contributed by atoms with Crippen molar-refractivity contribution < 1.29 is 19.7 Å². The molecular formula is C22H21ClN4O4. The number of rotatable bonds is 5. The van der Waals surface area contributed by atoms with Crippen molar-refractivity contribution in [3.8, 4) is 5.75 Å². The van der Waals surface area contributed by atoms with Gasteiger partial charge in [0.25, 0.3) is 0 Å². The number of aliphatic carboxylic acids is 1. The molecule has 0 saturated carbocycles. The Kier molecular flexibility index (Phi) is 5.25. The van der Waals surface area contributed by atoms with Crippen LogP contribution in [0.1, 0.15) is 24.0 Å². The average Bonchev–Trinajstić information content (AvgIpc) is 3.25. The van der Waals surface area contributed by atoms with Crippen LogP contribution in [-0.2, 0) is 22.8 Å². The van der Waals surface area contributed by atoms with E-state index in [1.165, 1.54) is 0 Å². The van der Waals surface area contributed by atoms with E-state index in [4.69, 9.17) is 21.4 Å². The van der Waals surface area contributed by atoms with Crippen molar-refractivity contribution in [1.29, 1.82) is 0 Å². The van der Waals surface area contributed by atoms with Crippen LogP contribution in [0.25, 0.3) is 10.8 Å². The van der Waals surface area contributed by atoms with E-state index in [-0.39, 0.29) is 5.92 Å². The van der Waals surface area contributed by atoms with Gasteiger partial charge in [0.15, 0.2) is 17.4 Å². The van der Waals surface area contributed by atoms with Crippen LogP contribution < -0.4 is 15.1 Å². The van der Waals surface area contributed by atoms with E-state index in [2.05, 4.69) is 20.4 Å². The van der Waals surface area contributed by atoms with Crippen molar-refractivity contribution in [1.82, 2.24) is 10.2 Å². The lowest BCUT2D eigenvalue weighted by Crippen LogP contribution is -2.37. The number of hydrogen-bond acceptors (Lipinski definition) is 7. The molecule has 8 nitrogen and oxygen atoms in total. The molecule has 2 N–H and O–H groups in total. The molecule has 31 heavy (non-hydrogen) atoms. The van der Waals surface area contributed by atoms with E-state index in [1.807, 2.05) is 36.4 Å². The van der Waals surface area contributed by atoms with Crippen molar-refractivity contribution in [2.75, 3.05) is 23.3 Å². The maximum absolute atomic E-state index is 11.3. The minimum atomic E-state index is -0.731. The molecule has 2 aliphatic heterocycles. The third-order valence-electron chi connectivity index (χ3n) is 5.82. The lowest BCUT2D eigenvalue weighted by atomic mass is 9.97. The Morgan fingerprint density at radius 1 is 1.16 bits per heavy atom. The molecular weight excluding hydrogens is 420 g/mol. The first-order valence-electron chi connectivity index (χ1n) is 10.2. The number of aromatic nitrogens is 2. The topological polar surface area (TPSA) is 96.8 Å². The van der Waals surface area contributed by atoms with Crippen molar-refractivity contribution in [3.05, 3.63) is 52.5 Å². The normalized spacial score (nSPS) is 16.2. The van der Waals surface area contributed by atoms with Crippen LogP contribution in [-0.4, -0.2) is 34.4 Å². The fourth-order valence-corrected chi connectivity index (χ4v) is 4.23. The van der Waals surface area contributed by atoms with E-state index < -0.39 is 5.97 Å². The number of carboxylic acids is 1. The number of benzene rings is 2. The summed E-state index contributed by atoms with van der Waals surface area (Å²) in [5, 5.41) is 23.9. The van der Waals surface area contributed by atoms with Gasteiger partial charge in [-0.2, -0.15) is 4.89 Å². The first-order valence-corrected chi connectivity index (χ1v) is 10.5. The molecule has 0 aliphatic carbocycles. The Balaban J connectivity index is 1.40. The predicted molar refractivity (Wildman–Crippen MR) is 116 cm³/mol. The number of nitrogens with zero attached hydrogens (tertiary/aromatic N) is 3. The van der Waals surface area contributed by atoms with Crippen molar-refractivity contribution in [2.24, 2.45) is 5.92 Å². The van der Waals surface area contributed by atoms with E-state index in [0.717, 1.165) is 33.5 Å². The highest BCUT2D eigenvalue weighted by Crippen LogP contribution is 2.33. The van der Waals surface area contributed by atoms with Crippen LogP contribution in [0.4, 0.5) is 11.6 Å². The lowest BCUT2D eigenvalue weighted by molar-refractivity contribution is -0.194. The zero-order chi connectivity index (χ0) is 21.4. The third kappa shape index (κ3) is 3.96. The second kappa shape index (κ2) is 8.20. The lowest BCUT2D eigenvalue weighted by Gasteiger charge is -2.31. The predicted octanol–water partition coefficient (Wildman–Crippen LogP) is 4.02. The Morgan fingerprint density at radius 2 is 2.00 bits per heavy atom. The largest absolute Gasteiger partial charge is 0.481 e. The van der Waals surface area contributed by atoms with E-state index >= 15 is 0 Å². The third-order valence-corrected chi connectivity index (χ3v) is 6.06. The van der Waals surface area contributed by atoms with Crippen LogP contribution in [0.15, 0.2) is 36.4 Å². The molecule has 0 amide bonds. The molecule has 0 unspecified atom stereocenters. The van der Waals surface area contributed by atoms with Gasteiger partial charge in [0.1, 0.15) is 6.61 Å². The van der Waals surface area contributed by atoms with Gasteiger partial charge in [0.2, 0.25) is 0 Å². The second-order valence-corrected chi connectivity index (χ2v) is 8.24. The molecule has 2 aromatic carbocycles. The Labute approximate surface area is 183 Å². The highest BCUT2D eigenvalue weighted by Gasteiger charge is 2.26. The van der Waals surface area contributed by atoms with Crippen LogP contribution in [0.3, 0.4) is 0 Å². The number of carbonyl (C=O) groups is 1. The summed E-state index contributed by atoms with van der Waals surface area (Å²) >= 11 is 6.28. The summed E-state index contributed by atoms with van der Waals surface area (Å²) < 4.78 is 0. The molecule has 0 spiro atoms. The number of fused-ring (bicyclic) bond motifs is 2. The highest BCUT2D eigenvalue weighted by atomic mass is 35.5. The van der Waals surface area contributed by atoms with Crippen LogP contribution in [0.2, 0.25) is 5.02 Å². The molecule has 1 fully saturated rings. The number of nitrogens with one attached hydrogen (secondary N) is 1. The quantitative estimate of drug-likeness (QED) is 0.574. The number of carboxylic acid groups (broad SMARTS) is 1. The zero-order valence-corrected chi connectivity index (χ0v) is 17.4. The summed E-state index contributed by atoms with van der Waals surface area (Å²) in [4.78, 5) is 23.5. The average molecular weight is 441 g/mol. The molecule has 9 heteroatoms. The SMILES string of the molecule is O=C(O)C1CCN(c2nnc(NCc3ccc4c(c3)OOC4)c3cc(Cl)ccc23)CC1. The summed E-state index contributed by atoms with van der Waals surface area (Å²) in [5.41, 5.74) is 2.05. The molecule has 5 rings (SSSR count). The van der Waals surface area contributed by atoms with Gasteiger partial charge in [0, 0.05) is 41.0 Å². The Bertz CT molecular complexity index is 1150. The maximum atomic E-state index is 11.3. The Hall–Kier alpha value is -3.10. The molecule has 0 bridgehead atoms.